The lowest BCUT2D eigenvalue weighted by Gasteiger charge is -2.28. The van der Waals surface area contributed by atoms with Gasteiger partial charge >= 0.3 is 0 Å². The molecule has 1 aliphatic heterocycles. The van der Waals surface area contributed by atoms with Crippen LogP contribution in [0.15, 0.2) is 72.0 Å². The molecule has 1 aromatic heterocycles. The van der Waals surface area contributed by atoms with Gasteiger partial charge in [-0.15, -0.1) is 11.8 Å². The number of allylic oxidation sites excluding steroid dienone is 2. The minimum Gasteiger partial charge on any atom is -0.332 e. The number of nitrogens with zero attached hydrogens (tertiary/aromatic N) is 2. The maximum absolute atomic E-state index is 6.11. The first-order valence-electron chi connectivity index (χ1n) is 6.74. The lowest BCUT2D eigenvalue weighted by Crippen LogP contribution is -2.22. The van der Waals surface area contributed by atoms with E-state index in [1.54, 1.807) is 0 Å². The van der Waals surface area contributed by atoms with Crippen LogP contribution in [0.5, 0.6) is 0 Å². The van der Waals surface area contributed by atoms with Crippen LogP contribution in [0.1, 0.15) is 5.56 Å². The Bertz CT molecular complexity index is 668. The molecule has 2 heterocycles. The van der Waals surface area contributed by atoms with Crippen molar-refractivity contribution in [3.8, 4) is 0 Å². The highest BCUT2D eigenvalue weighted by Gasteiger charge is 2.14. The molecule has 1 aromatic carbocycles. The molecular formula is C17H15ClN2S. The van der Waals surface area contributed by atoms with Crippen molar-refractivity contribution in [3.05, 3.63) is 82.6 Å². The average molecular weight is 315 g/mol. The zero-order valence-corrected chi connectivity index (χ0v) is 13.0. The molecule has 0 spiro atoms. The summed E-state index contributed by atoms with van der Waals surface area (Å²) in [6, 6.07) is 12.1. The summed E-state index contributed by atoms with van der Waals surface area (Å²) in [5.74, 6) is 0.930. The summed E-state index contributed by atoms with van der Waals surface area (Å²) in [5.41, 5.74) is 2.40. The van der Waals surface area contributed by atoms with Gasteiger partial charge in [0.25, 0.3) is 0 Å². The molecule has 0 amide bonds. The predicted octanol–water partition coefficient (Wildman–Crippen LogP) is 4.89. The fraction of sp³-hybridized carbons (Fsp3) is 0.118. The number of hydrogen-bond donors (Lipinski definition) is 0. The third-order valence-corrected chi connectivity index (χ3v) is 4.55. The third-order valence-electron chi connectivity index (χ3n) is 3.18. The van der Waals surface area contributed by atoms with Crippen molar-refractivity contribution >= 4 is 29.1 Å². The van der Waals surface area contributed by atoms with E-state index in [0.717, 1.165) is 23.0 Å². The summed E-state index contributed by atoms with van der Waals surface area (Å²) in [6.07, 6.45) is 10.1. The summed E-state index contributed by atoms with van der Waals surface area (Å²) in [6.45, 7) is 0.871. The normalized spacial score (nSPS) is 14.1. The van der Waals surface area contributed by atoms with Crippen LogP contribution >= 0.6 is 23.4 Å². The van der Waals surface area contributed by atoms with Crippen molar-refractivity contribution in [1.82, 2.24) is 4.98 Å². The molecule has 3 rings (SSSR count). The number of pyridine rings is 1. The van der Waals surface area contributed by atoms with Gasteiger partial charge < -0.3 is 4.90 Å². The van der Waals surface area contributed by atoms with Crippen LogP contribution in [0.25, 0.3) is 0 Å². The Hall–Kier alpha value is -1.71. The van der Waals surface area contributed by atoms with E-state index in [-0.39, 0.29) is 0 Å². The molecule has 0 aliphatic carbocycles. The van der Waals surface area contributed by atoms with Crippen molar-refractivity contribution in [3.63, 3.8) is 0 Å². The number of halogens is 1. The van der Waals surface area contributed by atoms with Gasteiger partial charge in [-0.1, -0.05) is 29.8 Å². The number of aromatic nitrogens is 1. The Morgan fingerprint density at radius 1 is 1.19 bits per heavy atom. The van der Waals surface area contributed by atoms with Crippen molar-refractivity contribution in [1.29, 1.82) is 0 Å². The first-order valence-corrected chi connectivity index (χ1v) is 8.11. The SMILES string of the molecule is Clc1cccc(N2CC=CC=C2SCc2ccncc2)c1. The lowest BCUT2D eigenvalue weighted by atomic mass is 10.2. The molecular weight excluding hydrogens is 300 g/mol. The van der Waals surface area contributed by atoms with Crippen LogP contribution in [-0.4, -0.2) is 11.5 Å². The molecule has 0 saturated carbocycles. The zero-order chi connectivity index (χ0) is 14.5. The van der Waals surface area contributed by atoms with Crippen LogP contribution in [0.3, 0.4) is 0 Å². The van der Waals surface area contributed by atoms with Crippen molar-refractivity contribution < 1.29 is 0 Å². The summed E-state index contributed by atoms with van der Waals surface area (Å²) in [4.78, 5) is 6.33. The number of anilines is 1. The standard InChI is InChI=1S/C17H15ClN2S/c18-15-4-3-5-16(12-15)20-11-2-1-6-17(20)21-13-14-7-9-19-10-8-14/h1-10,12H,11,13H2. The molecule has 0 N–H and O–H groups in total. The smallest absolute Gasteiger partial charge is 0.0758 e. The van der Waals surface area contributed by atoms with Gasteiger partial charge in [-0.25, -0.2) is 0 Å². The fourth-order valence-corrected chi connectivity index (χ4v) is 3.34. The van der Waals surface area contributed by atoms with E-state index in [4.69, 9.17) is 11.6 Å². The summed E-state index contributed by atoms with van der Waals surface area (Å²) in [7, 11) is 0. The van der Waals surface area contributed by atoms with Crippen LogP contribution in [0, 0.1) is 0 Å². The molecule has 1 aliphatic rings. The van der Waals surface area contributed by atoms with E-state index in [0.29, 0.717) is 0 Å². The average Bonchev–Trinajstić information content (AvgIpc) is 2.54. The van der Waals surface area contributed by atoms with E-state index in [9.17, 15) is 0 Å². The molecule has 106 valence electrons. The molecule has 0 fully saturated rings. The van der Waals surface area contributed by atoms with Crippen molar-refractivity contribution in [2.45, 2.75) is 5.75 Å². The van der Waals surface area contributed by atoms with Gasteiger partial charge in [-0.2, -0.15) is 0 Å². The highest BCUT2D eigenvalue weighted by molar-refractivity contribution is 8.02. The van der Waals surface area contributed by atoms with E-state index in [1.165, 1.54) is 10.6 Å². The van der Waals surface area contributed by atoms with Gasteiger partial charge in [0.1, 0.15) is 0 Å². The second kappa shape index (κ2) is 6.83. The summed E-state index contributed by atoms with van der Waals surface area (Å²) in [5, 5.41) is 2.00. The first kappa shape index (κ1) is 14.2. The highest BCUT2D eigenvalue weighted by Crippen LogP contribution is 2.32. The first-order chi connectivity index (χ1) is 10.3. The Labute approximate surface area is 134 Å². The largest absolute Gasteiger partial charge is 0.332 e. The van der Waals surface area contributed by atoms with Gasteiger partial charge in [0, 0.05) is 35.4 Å². The van der Waals surface area contributed by atoms with E-state index >= 15 is 0 Å². The third kappa shape index (κ3) is 3.69. The Kier molecular flexibility index (Phi) is 4.63. The topological polar surface area (TPSA) is 16.1 Å². The Morgan fingerprint density at radius 3 is 2.86 bits per heavy atom. The predicted molar refractivity (Wildman–Crippen MR) is 91.6 cm³/mol. The van der Waals surface area contributed by atoms with Gasteiger partial charge in [0.15, 0.2) is 0 Å². The molecule has 0 atom stereocenters. The minimum absolute atomic E-state index is 0.764. The van der Waals surface area contributed by atoms with E-state index in [1.807, 2.05) is 42.4 Å². The minimum atomic E-state index is 0.764. The monoisotopic (exact) mass is 314 g/mol. The van der Waals surface area contributed by atoms with E-state index in [2.05, 4.69) is 46.3 Å². The lowest BCUT2D eigenvalue weighted by molar-refractivity contribution is 1.06. The van der Waals surface area contributed by atoms with Crippen LogP contribution < -0.4 is 4.90 Å². The van der Waals surface area contributed by atoms with Crippen molar-refractivity contribution in [2.75, 3.05) is 11.4 Å². The summed E-state index contributed by atoms with van der Waals surface area (Å²) < 4.78 is 0. The Morgan fingerprint density at radius 2 is 2.05 bits per heavy atom. The molecule has 0 saturated heterocycles. The number of rotatable bonds is 4. The van der Waals surface area contributed by atoms with Gasteiger partial charge in [-0.3, -0.25) is 4.98 Å². The van der Waals surface area contributed by atoms with E-state index < -0.39 is 0 Å². The Balaban J connectivity index is 1.75. The molecule has 0 radical (unpaired) electrons. The van der Waals surface area contributed by atoms with Crippen LogP contribution in [-0.2, 0) is 5.75 Å². The summed E-state index contributed by atoms with van der Waals surface area (Å²) >= 11 is 7.93. The maximum atomic E-state index is 6.11. The number of hydrogen-bond acceptors (Lipinski definition) is 3. The fourth-order valence-electron chi connectivity index (χ4n) is 2.14. The maximum Gasteiger partial charge on any atom is 0.0758 e. The molecule has 2 nitrogen and oxygen atoms in total. The zero-order valence-electron chi connectivity index (χ0n) is 11.4. The van der Waals surface area contributed by atoms with Crippen molar-refractivity contribution in [2.24, 2.45) is 0 Å². The van der Waals surface area contributed by atoms with Gasteiger partial charge in [0.2, 0.25) is 0 Å². The number of thioether (sulfide) groups is 1. The van der Waals surface area contributed by atoms with Gasteiger partial charge in [-0.05, 0) is 42.0 Å². The van der Waals surface area contributed by atoms with Gasteiger partial charge in [0.05, 0.1) is 5.03 Å². The highest BCUT2D eigenvalue weighted by atomic mass is 35.5. The molecule has 0 bridgehead atoms. The number of benzene rings is 1. The molecule has 2 aromatic rings. The molecule has 0 unspecified atom stereocenters. The second-order valence-electron chi connectivity index (χ2n) is 4.67. The second-order valence-corrected chi connectivity index (χ2v) is 6.10. The van der Waals surface area contributed by atoms with Crippen LogP contribution in [0.4, 0.5) is 5.69 Å². The molecule has 21 heavy (non-hydrogen) atoms. The quantitative estimate of drug-likeness (QED) is 0.799. The molecule has 4 heteroatoms. The van der Waals surface area contributed by atoms with Crippen LogP contribution in [0.2, 0.25) is 5.02 Å².